The summed E-state index contributed by atoms with van der Waals surface area (Å²) in [6.45, 7) is 0. The van der Waals surface area contributed by atoms with E-state index >= 15 is 0 Å². The molecular formula is C10H6FN3. The molecule has 0 aliphatic rings. The third-order valence-corrected chi connectivity index (χ3v) is 1.93. The molecule has 0 spiro atoms. The van der Waals surface area contributed by atoms with Crippen molar-refractivity contribution in [1.29, 1.82) is 5.26 Å². The van der Waals surface area contributed by atoms with Crippen molar-refractivity contribution in [3.8, 4) is 6.07 Å². The van der Waals surface area contributed by atoms with Gasteiger partial charge in [0.05, 0.1) is 11.6 Å². The molecule has 0 saturated carbocycles. The first-order valence-electron chi connectivity index (χ1n) is 3.97. The zero-order valence-electron chi connectivity index (χ0n) is 7.16. The molecule has 0 aliphatic carbocycles. The van der Waals surface area contributed by atoms with Crippen molar-refractivity contribution in [3.63, 3.8) is 0 Å². The number of halogens is 1. The van der Waals surface area contributed by atoms with E-state index < -0.39 is 5.82 Å². The van der Waals surface area contributed by atoms with E-state index in [1.165, 1.54) is 18.2 Å². The van der Waals surface area contributed by atoms with Gasteiger partial charge in [0, 0.05) is 5.39 Å². The second-order valence-corrected chi connectivity index (χ2v) is 2.84. The summed E-state index contributed by atoms with van der Waals surface area (Å²) in [6, 6.07) is 7.85. The van der Waals surface area contributed by atoms with Crippen molar-refractivity contribution in [2.45, 2.75) is 0 Å². The smallest absolute Gasteiger partial charge is 0.149 e. The van der Waals surface area contributed by atoms with Gasteiger partial charge in [-0.2, -0.15) is 5.26 Å². The minimum atomic E-state index is -0.466. The van der Waals surface area contributed by atoms with Crippen LogP contribution in [0, 0.1) is 17.1 Å². The Morgan fingerprint density at radius 2 is 2.21 bits per heavy atom. The number of aromatic nitrogens is 1. The summed E-state index contributed by atoms with van der Waals surface area (Å²) in [7, 11) is 0. The molecule has 2 N–H and O–H groups in total. The van der Waals surface area contributed by atoms with Gasteiger partial charge in [-0.15, -0.1) is 0 Å². The fourth-order valence-electron chi connectivity index (χ4n) is 1.33. The number of hydrogen-bond donors (Lipinski definition) is 1. The van der Waals surface area contributed by atoms with Crippen LogP contribution in [0.1, 0.15) is 5.56 Å². The lowest BCUT2D eigenvalue weighted by Gasteiger charge is -2.01. The lowest BCUT2D eigenvalue weighted by Crippen LogP contribution is -1.94. The standard InChI is InChI=1S/C10H6FN3/c11-8-3-1-2-7-6(5-12)4-9(13)14-10(7)8/h1-4H,(H2,13,14). The molecule has 0 atom stereocenters. The number of rotatable bonds is 0. The van der Waals surface area contributed by atoms with Crippen LogP contribution >= 0.6 is 0 Å². The Balaban J connectivity index is 2.96. The number of nitrogen functional groups attached to an aromatic ring is 1. The van der Waals surface area contributed by atoms with Crippen LogP contribution in [0.5, 0.6) is 0 Å². The van der Waals surface area contributed by atoms with Gasteiger partial charge in [0.25, 0.3) is 0 Å². The molecule has 68 valence electrons. The lowest BCUT2D eigenvalue weighted by atomic mass is 10.1. The number of benzene rings is 1. The summed E-state index contributed by atoms with van der Waals surface area (Å²) >= 11 is 0. The maximum atomic E-state index is 13.3. The second-order valence-electron chi connectivity index (χ2n) is 2.84. The van der Waals surface area contributed by atoms with Gasteiger partial charge >= 0.3 is 0 Å². The molecule has 1 heterocycles. The molecule has 3 nitrogen and oxygen atoms in total. The molecule has 2 aromatic rings. The zero-order valence-corrected chi connectivity index (χ0v) is 7.16. The molecule has 0 saturated heterocycles. The largest absolute Gasteiger partial charge is 0.384 e. The average molecular weight is 187 g/mol. The van der Waals surface area contributed by atoms with Crippen LogP contribution in [0.25, 0.3) is 10.9 Å². The topological polar surface area (TPSA) is 62.7 Å². The van der Waals surface area contributed by atoms with Gasteiger partial charge in [-0.05, 0) is 12.1 Å². The number of pyridine rings is 1. The van der Waals surface area contributed by atoms with E-state index in [1.54, 1.807) is 6.07 Å². The van der Waals surface area contributed by atoms with Crippen LogP contribution in [0.15, 0.2) is 24.3 Å². The molecule has 2 rings (SSSR count). The van der Waals surface area contributed by atoms with E-state index in [-0.39, 0.29) is 11.3 Å². The highest BCUT2D eigenvalue weighted by molar-refractivity contribution is 5.86. The highest BCUT2D eigenvalue weighted by Gasteiger charge is 2.06. The fourth-order valence-corrected chi connectivity index (χ4v) is 1.33. The molecule has 0 aliphatic heterocycles. The molecule has 14 heavy (non-hydrogen) atoms. The van der Waals surface area contributed by atoms with Crippen molar-refractivity contribution < 1.29 is 4.39 Å². The maximum absolute atomic E-state index is 13.3. The van der Waals surface area contributed by atoms with Gasteiger partial charge < -0.3 is 5.73 Å². The molecule has 1 aromatic carbocycles. The van der Waals surface area contributed by atoms with Crippen molar-refractivity contribution in [1.82, 2.24) is 4.98 Å². The Labute approximate surface area is 79.6 Å². The lowest BCUT2D eigenvalue weighted by molar-refractivity contribution is 0.637. The van der Waals surface area contributed by atoms with E-state index in [0.29, 0.717) is 10.9 Å². The summed E-state index contributed by atoms with van der Waals surface area (Å²) < 4.78 is 13.3. The van der Waals surface area contributed by atoms with Crippen LogP contribution in [0.2, 0.25) is 0 Å². The van der Waals surface area contributed by atoms with E-state index in [2.05, 4.69) is 4.98 Å². The third kappa shape index (κ3) is 1.15. The Bertz CT molecular complexity index is 543. The first kappa shape index (κ1) is 8.45. The third-order valence-electron chi connectivity index (χ3n) is 1.93. The summed E-state index contributed by atoms with van der Waals surface area (Å²) in [5.41, 5.74) is 5.92. The van der Waals surface area contributed by atoms with E-state index in [0.717, 1.165) is 0 Å². The predicted molar refractivity (Wildman–Crippen MR) is 50.8 cm³/mol. The zero-order chi connectivity index (χ0) is 10.1. The molecular weight excluding hydrogens is 181 g/mol. The number of hydrogen-bond acceptors (Lipinski definition) is 3. The van der Waals surface area contributed by atoms with Crippen molar-refractivity contribution in [2.75, 3.05) is 5.73 Å². The number of nitrogens with zero attached hydrogens (tertiary/aromatic N) is 2. The monoisotopic (exact) mass is 187 g/mol. The number of fused-ring (bicyclic) bond motifs is 1. The summed E-state index contributed by atoms with van der Waals surface area (Å²) in [5, 5.41) is 9.28. The number of anilines is 1. The normalized spacial score (nSPS) is 10.0. The SMILES string of the molecule is N#Cc1cc(N)nc2c(F)cccc12. The van der Waals surface area contributed by atoms with Crippen LogP contribution in [0.3, 0.4) is 0 Å². The predicted octanol–water partition coefficient (Wildman–Crippen LogP) is 1.83. The Morgan fingerprint density at radius 3 is 2.93 bits per heavy atom. The van der Waals surface area contributed by atoms with Gasteiger partial charge in [0.2, 0.25) is 0 Å². The van der Waals surface area contributed by atoms with Crippen LogP contribution in [-0.4, -0.2) is 4.98 Å². The summed E-state index contributed by atoms with van der Waals surface area (Å²) in [4.78, 5) is 3.84. The van der Waals surface area contributed by atoms with Gasteiger partial charge in [-0.3, -0.25) is 0 Å². The fraction of sp³-hybridized carbons (Fsp3) is 0. The number of nitriles is 1. The van der Waals surface area contributed by atoms with Crippen LogP contribution in [-0.2, 0) is 0 Å². The van der Waals surface area contributed by atoms with Gasteiger partial charge in [0.15, 0.2) is 0 Å². The minimum Gasteiger partial charge on any atom is -0.384 e. The van der Waals surface area contributed by atoms with Gasteiger partial charge in [0.1, 0.15) is 17.2 Å². The Hall–Kier alpha value is -2.15. The minimum absolute atomic E-state index is 0.143. The summed E-state index contributed by atoms with van der Waals surface area (Å²) in [5.74, 6) is -0.314. The van der Waals surface area contributed by atoms with Crippen LogP contribution < -0.4 is 5.73 Å². The van der Waals surface area contributed by atoms with Gasteiger partial charge in [-0.25, -0.2) is 9.37 Å². The first-order valence-corrected chi connectivity index (χ1v) is 3.97. The molecule has 0 fully saturated rings. The molecule has 1 aromatic heterocycles. The maximum Gasteiger partial charge on any atom is 0.149 e. The highest BCUT2D eigenvalue weighted by Crippen LogP contribution is 2.20. The van der Waals surface area contributed by atoms with Crippen molar-refractivity contribution in [2.24, 2.45) is 0 Å². The molecule has 0 bridgehead atoms. The quantitative estimate of drug-likeness (QED) is 0.684. The van der Waals surface area contributed by atoms with Crippen molar-refractivity contribution >= 4 is 16.7 Å². The van der Waals surface area contributed by atoms with E-state index in [4.69, 9.17) is 11.0 Å². The van der Waals surface area contributed by atoms with Gasteiger partial charge in [-0.1, -0.05) is 12.1 Å². The average Bonchev–Trinajstić information content (AvgIpc) is 2.18. The van der Waals surface area contributed by atoms with E-state index in [1.807, 2.05) is 6.07 Å². The second kappa shape index (κ2) is 2.96. The highest BCUT2D eigenvalue weighted by atomic mass is 19.1. The number of para-hydroxylation sites is 1. The Kier molecular flexibility index (Phi) is 1.79. The van der Waals surface area contributed by atoms with Crippen molar-refractivity contribution in [3.05, 3.63) is 35.6 Å². The summed E-state index contributed by atoms with van der Waals surface area (Å²) in [6.07, 6.45) is 0. The first-order chi connectivity index (χ1) is 6.72. The number of nitrogens with two attached hydrogens (primary N) is 1. The molecule has 0 radical (unpaired) electrons. The Morgan fingerprint density at radius 1 is 1.43 bits per heavy atom. The molecule has 0 unspecified atom stereocenters. The molecule has 0 amide bonds. The van der Waals surface area contributed by atoms with E-state index in [9.17, 15) is 4.39 Å². The molecule has 4 heteroatoms. The van der Waals surface area contributed by atoms with Crippen LogP contribution in [0.4, 0.5) is 10.2 Å².